The van der Waals surface area contributed by atoms with Gasteiger partial charge in [-0.25, -0.2) is 0 Å². The first-order chi connectivity index (χ1) is 9.11. The minimum atomic E-state index is -0.464. The van der Waals surface area contributed by atoms with Crippen LogP contribution in [0.2, 0.25) is 0 Å². The van der Waals surface area contributed by atoms with Gasteiger partial charge in [-0.2, -0.15) is 4.98 Å². The average Bonchev–Trinajstić information content (AvgIpc) is 2.86. The fourth-order valence-electron chi connectivity index (χ4n) is 1.65. The molecule has 7 heteroatoms. The second kappa shape index (κ2) is 5.57. The molecule has 1 unspecified atom stereocenters. The largest absolute Gasteiger partial charge is 0.339 e. The van der Waals surface area contributed by atoms with Gasteiger partial charge in [-0.15, -0.1) is 0 Å². The number of nitro benzene ring substituents is 1. The Kier molecular flexibility index (Phi) is 3.86. The highest BCUT2D eigenvalue weighted by Gasteiger charge is 2.19. The molecule has 0 saturated heterocycles. The molecule has 2 rings (SSSR count). The minimum absolute atomic E-state index is 0.0401. The van der Waals surface area contributed by atoms with E-state index >= 15 is 0 Å². The van der Waals surface area contributed by atoms with Crippen LogP contribution < -0.4 is 5.73 Å². The SMILES string of the molecule is CC(CN)Cc1nc(-c2ccccc2[N+](=O)[O-])no1. The fraction of sp³-hybridized carbons (Fsp3) is 0.333. The number of para-hydroxylation sites is 1. The molecule has 0 aliphatic carbocycles. The third-order valence-electron chi connectivity index (χ3n) is 2.74. The summed E-state index contributed by atoms with van der Waals surface area (Å²) < 4.78 is 5.09. The highest BCUT2D eigenvalue weighted by atomic mass is 16.6. The van der Waals surface area contributed by atoms with Gasteiger partial charge in [0.05, 0.1) is 4.92 Å². The summed E-state index contributed by atoms with van der Waals surface area (Å²) in [6.07, 6.45) is 0.560. The highest BCUT2D eigenvalue weighted by molar-refractivity contribution is 5.67. The van der Waals surface area contributed by atoms with Gasteiger partial charge in [0, 0.05) is 12.5 Å². The Hall–Kier alpha value is -2.28. The van der Waals surface area contributed by atoms with Crippen molar-refractivity contribution in [2.24, 2.45) is 11.7 Å². The number of nitrogens with zero attached hydrogens (tertiary/aromatic N) is 3. The molecule has 1 aromatic heterocycles. The van der Waals surface area contributed by atoms with Crippen LogP contribution in [-0.4, -0.2) is 21.6 Å². The van der Waals surface area contributed by atoms with Crippen LogP contribution in [0.25, 0.3) is 11.4 Å². The zero-order valence-electron chi connectivity index (χ0n) is 10.4. The van der Waals surface area contributed by atoms with Gasteiger partial charge in [0.2, 0.25) is 11.7 Å². The van der Waals surface area contributed by atoms with Gasteiger partial charge in [-0.1, -0.05) is 24.2 Å². The predicted octanol–water partition coefficient (Wildman–Crippen LogP) is 1.78. The maximum Gasteiger partial charge on any atom is 0.280 e. The summed E-state index contributed by atoms with van der Waals surface area (Å²) in [4.78, 5) is 14.6. The van der Waals surface area contributed by atoms with Crippen molar-refractivity contribution in [2.75, 3.05) is 6.54 Å². The van der Waals surface area contributed by atoms with Crippen molar-refractivity contribution in [1.29, 1.82) is 0 Å². The smallest absolute Gasteiger partial charge is 0.280 e. The van der Waals surface area contributed by atoms with Crippen molar-refractivity contribution in [3.05, 3.63) is 40.3 Å². The summed E-state index contributed by atoms with van der Waals surface area (Å²) in [5.74, 6) is 0.886. The van der Waals surface area contributed by atoms with E-state index in [9.17, 15) is 10.1 Å². The average molecular weight is 262 g/mol. The number of aromatic nitrogens is 2. The van der Waals surface area contributed by atoms with Gasteiger partial charge >= 0.3 is 0 Å². The molecule has 2 aromatic rings. The molecule has 0 radical (unpaired) electrons. The van der Waals surface area contributed by atoms with Crippen LogP contribution in [0.4, 0.5) is 5.69 Å². The van der Waals surface area contributed by atoms with Crippen molar-refractivity contribution in [3.63, 3.8) is 0 Å². The van der Waals surface area contributed by atoms with E-state index in [1.165, 1.54) is 6.07 Å². The molecule has 0 saturated carbocycles. The molecule has 0 aliphatic heterocycles. The lowest BCUT2D eigenvalue weighted by Gasteiger charge is -2.01. The number of nitrogens with two attached hydrogens (primary N) is 1. The van der Waals surface area contributed by atoms with Crippen LogP contribution >= 0.6 is 0 Å². The summed E-state index contributed by atoms with van der Waals surface area (Å²) in [6.45, 7) is 2.48. The topological polar surface area (TPSA) is 108 Å². The Balaban J connectivity index is 2.30. The zero-order chi connectivity index (χ0) is 13.8. The summed E-state index contributed by atoms with van der Waals surface area (Å²) in [5, 5.41) is 14.7. The van der Waals surface area contributed by atoms with E-state index in [0.717, 1.165) is 0 Å². The third kappa shape index (κ3) is 2.94. The van der Waals surface area contributed by atoms with Crippen molar-refractivity contribution in [3.8, 4) is 11.4 Å². The Morgan fingerprint density at radius 2 is 2.21 bits per heavy atom. The molecule has 0 spiro atoms. The van der Waals surface area contributed by atoms with Crippen molar-refractivity contribution in [2.45, 2.75) is 13.3 Å². The zero-order valence-corrected chi connectivity index (χ0v) is 10.4. The maximum absolute atomic E-state index is 10.9. The summed E-state index contributed by atoms with van der Waals surface area (Å²) >= 11 is 0. The van der Waals surface area contributed by atoms with E-state index in [-0.39, 0.29) is 17.4 Å². The Labute approximate surface area is 109 Å². The molecule has 7 nitrogen and oxygen atoms in total. The molecule has 19 heavy (non-hydrogen) atoms. The summed E-state index contributed by atoms with van der Waals surface area (Å²) in [7, 11) is 0. The van der Waals surface area contributed by atoms with Crippen LogP contribution in [-0.2, 0) is 6.42 Å². The molecule has 0 fully saturated rings. The van der Waals surface area contributed by atoms with Crippen LogP contribution in [0.3, 0.4) is 0 Å². The second-order valence-electron chi connectivity index (χ2n) is 4.33. The quantitative estimate of drug-likeness (QED) is 0.650. The molecule has 2 N–H and O–H groups in total. The van der Waals surface area contributed by atoms with E-state index < -0.39 is 4.92 Å². The summed E-state index contributed by atoms with van der Waals surface area (Å²) in [6, 6.07) is 6.30. The van der Waals surface area contributed by atoms with Crippen LogP contribution in [0.1, 0.15) is 12.8 Å². The fourth-order valence-corrected chi connectivity index (χ4v) is 1.65. The van der Waals surface area contributed by atoms with Gasteiger partial charge in [-0.3, -0.25) is 10.1 Å². The van der Waals surface area contributed by atoms with Gasteiger partial charge in [0.25, 0.3) is 5.69 Å². The molecule has 0 amide bonds. The highest BCUT2D eigenvalue weighted by Crippen LogP contribution is 2.27. The predicted molar refractivity (Wildman–Crippen MR) is 68.3 cm³/mol. The second-order valence-corrected chi connectivity index (χ2v) is 4.33. The van der Waals surface area contributed by atoms with E-state index in [2.05, 4.69) is 10.1 Å². The normalized spacial score (nSPS) is 12.3. The maximum atomic E-state index is 10.9. The van der Waals surface area contributed by atoms with Gasteiger partial charge in [-0.05, 0) is 18.5 Å². The van der Waals surface area contributed by atoms with E-state index in [0.29, 0.717) is 24.4 Å². The first kappa shape index (κ1) is 13.2. The van der Waals surface area contributed by atoms with Crippen molar-refractivity contribution < 1.29 is 9.45 Å². The van der Waals surface area contributed by atoms with Crippen molar-refractivity contribution >= 4 is 5.69 Å². The molecule has 1 atom stereocenters. The molecular weight excluding hydrogens is 248 g/mol. The lowest BCUT2D eigenvalue weighted by Crippen LogP contribution is -2.13. The monoisotopic (exact) mass is 262 g/mol. The number of benzene rings is 1. The molecule has 0 bridgehead atoms. The third-order valence-corrected chi connectivity index (χ3v) is 2.74. The van der Waals surface area contributed by atoms with Crippen LogP contribution in [0.15, 0.2) is 28.8 Å². The molecular formula is C12H14N4O3. The van der Waals surface area contributed by atoms with E-state index in [1.807, 2.05) is 6.92 Å². The number of rotatable bonds is 5. The first-order valence-corrected chi connectivity index (χ1v) is 5.88. The summed E-state index contributed by atoms with van der Waals surface area (Å²) in [5.41, 5.74) is 5.83. The number of hydrogen-bond donors (Lipinski definition) is 1. The van der Waals surface area contributed by atoms with Gasteiger partial charge in [0.1, 0.15) is 5.56 Å². The van der Waals surface area contributed by atoms with Crippen LogP contribution in [0, 0.1) is 16.0 Å². The molecule has 100 valence electrons. The molecule has 1 aromatic carbocycles. The Bertz CT molecular complexity index is 582. The Morgan fingerprint density at radius 3 is 2.89 bits per heavy atom. The van der Waals surface area contributed by atoms with Gasteiger partial charge < -0.3 is 10.3 Å². The lowest BCUT2D eigenvalue weighted by molar-refractivity contribution is -0.384. The number of hydrogen-bond acceptors (Lipinski definition) is 6. The Morgan fingerprint density at radius 1 is 1.47 bits per heavy atom. The van der Waals surface area contributed by atoms with Crippen molar-refractivity contribution in [1.82, 2.24) is 10.1 Å². The first-order valence-electron chi connectivity index (χ1n) is 5.88. The lowest BCUT2D eigenvalue weighted by atomic mass is 10.1. The van der Waals surface area contributed by atoms with Crippen LogP contribution in [0.5, 0.6) is 0 Å². The van der Waals surface area contributed by atoms with E-state index in [1.54, 1.807) is 18.2 Å². The standard InChI is InChI=1S/C12H14N4O3/c1-8(7-13)6-11-14-12(15-19-11)9-4-2-3-5-10(9)16(17)18/h2-5,8H,6-7,13H2,1H3. The number of nitro groups is 1. The molecule has 0 aliphatic rings. The van der Waals surface area contributed by atoms with E-state index in [4.69, 9.17) is 10.3 Å². The minimum Gasteiger partial charge on any atom is -0.339 e. The van der Waals surface area contributed by atoms with Gasteiger partial charge in [0.15, 0.2) is 0 Å². The molecule has 1 heterocycles.